The molecular formula is C25H26ClN3O4. The highest BCUT2D eigenvalue weighted by Crippen LogP contribution is 2.45. The first-order valence-corrected chi connectivity index (χ1v) is 11.0. The average Bonchev–Trinajstić information content (AvgIpc) is 2.74. The maximum atomic E-state index is 13.2. The molecule has 1 saturated heterocycles. The smallest absolute Gasteiger partial charge is 0.335 e. The molecule has 172 valence electrons. The molecule has 2 aromatic rings. The Morgan fingerprint density at radius 1 is 1.18 bits per heavy atom. The fraction of sp³-hybridized carbons (Fsp3) is 0.320. The number of hydrogen-bond acceptors (Lipinski definition) is 5. The second-order valence-electron chi connectivity index (χ2n) is 9.07. The molecule has 4 amide bonds. The number of carbonyl (C=O) groups excluding carboxylic acids is 3. The van der Waals surface area contributed by atoms with Crippen LogP contribution < -0.4 is 19.9 Å². The number of urea groups is 1. The van der Waals surface area contributed by atoms with Gasteiger partial charge in [0.25, 0.3) is 11.8 Å². The Balaban J connectivity index is 1.81. The van der Waals surface area contributed by atoms with E-state index in [2.05, 4.69) is 38.0 Å². The van der Waals surface area contributed by atoms with Gasteiger partial charge in [-0.3, -0.25) is 14.9 Å². The number of benzene rings is 2. The van der Waals surface area contributed by atoms with Crippen molar-refractivity contribution in [3.05, 3.63) is 58.1 Å². The molecule has 1 fully saturated rings. The Kier molecular flexibility index (Phi) is 5.70. The molecule has 0 radical (unpaired) electrons. The highest BCUT2D eigenvalue weighted by molar-refractivity contribution is 6.39. The van der Waals surface area contributed by atoms with Gasteiger partial charge in [0.05, 0.1) is 12.8 Å². The lowest BCUT2D eigenvalue weighted by atomic mass is 9.79. The summed E-state index contributed by atoms with van der Waals surface area (Å²) in [7, 11) is 3.60. The number of nitrogens with one attached hydrogen (secondary N) is 1. The third-order valence-electron chi connectivity index (χ3n) is 6.45. The highest BCUT2D eigenvalue weighted by atomic mass is 35.5. The van der Waals surface area contributed by atoms with Crippen molar-refractivity contribution in [1.29, 1.82) is 0 Å². The van der Waals surface area contributed by atoms with Crippen molar-refractivity contribution >= 4 is 46.9 Å². The maximum Gasteiger partial charge on any atom is 0.335 e. The van der Waals surface area contributed by atoms with Crippen molar-refractivity contribution < 1.29 is 19.1 Å². The van der Waals surface area contributed by atoms with Gasteiger partial charge in [-0.2, -0.15) is 0 Å². The van der Waals surface area contributed by atoms with E-state index in [-0.39, 0.29) is 22.7 Å². The number of imide groups is 2. The fourth-order valence-electron chi connectivity index (χ4n) is 4.56. The molecule has 1 unspecified atom stereocenters. The predicted octanol–water partition coefficient (Wildman–Crippen LogP) is 4.74. The Hall–Kier alpha value is -3.32. The monoisotopic (exact) mass is 467 g/mol. The Labute approximate surface area is 198 Å². The number of halogens is 1. The van der Waals surface area contributed by atoms with Crippen molar-refractivity contribution in [1.82, 2.24) is 5.32 Å². The van der Waals surface area contributed by atoms with Crippen LogP contribution in [0.1, 0.15) is 44.2 Å². The number of rotatable bonds is 3. The van der Waals surface area contributed by atoms with Crippen LogP contribution in [0.15, 0.2) is 42.0 Å². The third kappa shape index (κ3) is 3.97. The molecule has 1 N–H and O–H groups in total. The van der Waals surface area contributed by atoms with Crippen LogP contribution in [-0.2, 0) is 9.59 Å². The van der Waals surface area contributed by atoms with Gasteiger partial charge >= 0.3 is 6.03 Å². The summed E-state index contributed by atoms with van der Waals surface area (Å²) in [5.74, 6) is -0.675. The minimum absolute atomic E-state index is 0.0194. The first kappa shape index (κ1) is 22.9. The lowest BCUT2D eigenvalue weighted by Crippen LogP contribution is -2.54. The zero-order valence-corrected chi connectivity index (χ0v) is 20.0. The topological polar surface area (TPSA) is 79.0 Å². The quantitative estimate of drug-likeness (QED) is 0.521. The molecule has 4 rings (SSSR count). The number of amides is 4. The van der Waals surface area contributed by atoms with E-state index in [4.69, 9.17) is 16.3 Å². The van der Waals surface area contributed by atoms with Crippen LogP contribution >= 0.6 is 11.6 Å². The summed E-state index contributed by atoms with van der Waals surface area (Å²) in [5.41, 5.74) is 2.84. The molecule has 0 bridgehead atoms. The first-order chi connectivity index (χ1) is 15.5. The minimum Gasteiger partial charge on any atom is -0.496 e. The van der Waals surface area contributed by atoms with Gasteiger partial charge in [0.1, 0.15) is 11.3 Å². The second-order valence-corrected chi connectivity index (χ2v) is 9.50. The van der Waals surface area contributed by atoms with Crippen LogP contribution in [0.25, 0.3) is 6.08 Å². The molecule has 2 aromatic carbocycles. The first-order valence-electron chi connectivity index (χ1n) is 10.7. The number of nitrogens with zero attached hydrogens (tertiary/aromatic N) is 2. The third-order valence-corrected chi connectivity index (χ3v) is 6.69. The van der Waals surface area contributed by atoms with Gasteiger partial charge in [0.15, 0.2) is 0 Å². The van der Waals surface area contributed by atoms with Crippen LogP contribution in [-0.4, -0.2) is 37.5 Å². The normalized spacial score (nSPS) is 21.2. The summed E-state index contributed by atoms with van der Waals surface area (Å²) in [5, 5.41) is 2.61. The molecule has 2 aliphatic rings. The summed E-state index contributed by atoms with van der Waals surface area (Å²) in [6.07, 6.45) is 2.43. The lowest BCUT2D eigenvalue weighted by Gasteiger charge is -2.45. The second kappa shape index (κ2) is 8.23. The van der Waals surface area contributed by atoms with Crippen molar-refractivity contribution in [2.24, 2.45) is 0 Å². The number of fused-ring (bicyclic) bond motifs is 1. The largest absolute Gasteiger partial charge is 0.496 e. The molecule has 0 spiro atoms. The van der Waals surface area contributed by atoms with Gasteiger partial charge in [-0.05, 0) is 62.1 Å². The number of ether oxygens (including phenoxy) is 1. The molecule has 1 atom stereocenters. The molecular weight excluding hydrogens is 442 g/mol. The van der Waals surface area contributed by atoms with Gasteiger partial charge in [0.2, 0.25) is 0 Å². The van der Waals surface area contributed by atoms with E-state index < -0.39 is 17.8 Å². The van der Waals surface area contributed by atoms with Gasteiger partial charge in [-0.15, -0.1) is 0 Å². The Morgan fingerprint density at radius 2 is 1.91 bits per heavy atom. The van der Waals surface area contributed by atoms with Crippen LogP contribution in [0.4, 0.5) is 16.2 Å². The SMILES string of the molecule is COc1cc2c(cc1/C=C1/C(=O)NC(=O)N(c3cccc(Cl)c3)C1=O)C(C)CC(C)(C)N2C. The van der Waals surface area contributed by atoms with E-state index in [1.165, 1.54) is 12.1 Å². The summed E-state index contributed by atoms with van der Waals surface area (Å²) in [6.45, 7) is 6.55. The van der Waals surface area contributed by atoms with Crippen LogP contribution in [0.5, 0.6) is 5.75 Å². The molecule has 7 nitrogen and oxygen atoms in total. The van der Waals surface area contributed by atoms with Crippen LogP contribution in [0, 0.1) is 0 Å². The molecule has 0 aromatic heterocycles. The van der Waals surface area contributed by atoms with Crippen molar-refractivity contribution in [2.45, 2.75) is 38.6 Å². The molecule has 0 aliphatic carbocycles. The minimum atomic E-state index is -0.820. The van der Waals surface area contributed by atoms with E-state index in [0.717, 1.165) is 22.6 Å². The van der Waals surface area contributed by atoms with Gasteiger partial charge in [0, 0.05) is 34.9 Å². The van der Waals surface area contributed by atoms with Crippen molar-refractivity contribution in [3.63, 3.8) is 0 Å². The maximum absolute atomic E-state index is 13.2. The van der Waals surface area contributed by atoms with E-state index in [9.17, 15) is 14.4 Å². The van der Waals surface area contributed by atoms with E-state index in [1.54, 1.807) is 25.3 Å². The summed E-state index contributed by atoms with van der Waals surface area (Å²) < 4.78 is 5.61. The number of hydrogen-bond donors (Lipinski definition) is 1. The van der Waals surface area contributed by atoms with Crippen LogP contribution in [0.2, 0.25) is 5.02 Å². The average molecular weight is 468 g/mol. The number of methoxy groups -OCH3 is 1. The molecule has 0 saturated carbocycles. The lowest BCUT2D eigenvalue weighted by molar-refractivity contribution is -0.122. The van der Waals surface area contributed by atoms with E-state index >= 15 is 0 Å². The number of barbiturate groups is 1. The Bertz CT molecular complexity index is 1200. The molecule has 2 heterocycles. The zero-order chi connectivity index (χ0) is 24.1. The van der Waals surface area contributed by atoms with E-state index in [0.29, 0.717) is 16.3 Å². The van der Waals surface area contributed by atoms with Crippen molar-refractivity contribution in [3.8, 4) is 5.75 Å². The van der Waals surface area contributed by atoms with Gasteiger partial charge in [-0.1, -0.05) is 24.6 Å². The number of anilines is 2. The highest BCUT2D eigenvalue weighted by Gasteiger charge is 2.38. The van der Waals surface area contributed by atoms with Crippen molar-refractivity contribution in [2.75, 3.05) is 24.0 Å². The molecule has 8 heteroatoms. The Morgan fingerprint density at radius 3 is 2.58 bits per heavy atom. The summed E-state index contributed by atoms with van der Waals surface area (Å²) in [6, 6.07) is 9.41. The zero-order valence-electron chi connectivity index (χ0n) is 19.2. The predicted molar refractivity (Wildman–Crippen MR) is 129 cm³/mol. The molecule has 33 heavy (non-hydrogen) atoms. The van der Waals surface area contributed by atoms with E-state index in [1.807, 2.05) is 12.1 Å². The van der Waals surface area contributed by atoms with Gasteiger partial charge in [-0.25, -0.2) is 9.69 Å². The summed E-state index contributed by atoms with van der Waals surface area (Å²) >= 11 is 6.04. The van der Waals surface area contributed by atoms with Gasteiger partial charge < -0.3 is 9.64 Å². The fourth-order valence-corrected chi connectivity index (χ4v) is 4.75. The number of carbonyl (C=O) groups is 3. The van der Waals surface area contributed by atoms with Crippen LogP contribution in [0.3, 0.4) is 0 Å². The molecule has 2 aliphatic heterocycles. The summed E-state index contributed by atoms with van der Waals surface area (Å²) in [4.78, 5) is 41.4. The standard InChI is InChI=1S/C25H26ClN3O4/c1-14-13-25(2,3)28(4)20-12-21(33-5)15(9-18(14)20)10-19-22(30)27-24(32)29(23(19)31)17-8-6-7-16(26)11-17/h6-12,14H,13H2,1-5H3,(H,27,30,32)/b19-10-.